The quantitative estimate of drug-likeness (QED) is 0.885. The lowest BCUT2D eigenvalue weighted by Gasteiger charge is -2.31. The zero-order valence-corrected chi connectivity index (χ0v) is 11.3. The average molecular weight is 286 g/mol. The number of nitrogens with one attached hydrogen (secondary N) is 1. The van der Waals surface area contributed by atoms with Gasteiger partial charge in [0.25, 0.3) is 5.91 Å². The second-order valence-electron chi connectivity index (χ2n) is 4.38. The zero-order valence-electron chi connectivity index (χ0n) is 10.6. The molecular weight excluding hydrogens is 270 g/mol. The lowest BCUT2D eigenvalue weighted by atomic mass is 10.1. The maximum absolute atomic E-state index is 12.1. The molecule has 6 heteroatoms. The average Bonchev–Trinajstić information content (AvgIpc) is 2.42. The molecule has 1 aromatic rings. The van der Waals surface area contributed by atoms with Crippen LogP contribution < -0.4 is 5.32 Å². The summed E-state index contributed by atoms with van der Waals surface area (Å²) >= 11 is 5.82. The van der Waals surface area contributed by atoms with Gasteiger partial charge in [-0.1, -0.05) is 11.6 Å². The first-order chi connectivity index (χ1) is 9.11. The minimum absolute atomic E-state index is 0.0842. The fraction of sp³-hybridized carbons (Fsp3) is 0.462. The minimum Gasteiger partial charge on any atom is -0.507 e. The molecule has 0 bridgehead atoms. The van der Waals surface area contributed by atoms with Crippen molar-refractivity contribution < 1.29 is 19.4 Å². The molecule has 19 heavy (non-hydrogen) atoms. The van der Waals surface area contributed by atoms with Crippen molar-refractivity contribution in [1.29, 1.82) is 0 Å². The van der Waals surface area contributed by atoms with Gasteiger partial charge in [0.1, 0.15) is 5.75 Å². The highest BCUT2D eigenvalue weighted by Gasteiger charge is 2.28. The zero-order chi connectivity index (χ0) is 13.8. The molecule has 1 fully saturated rings. The fourth-order valence-corrected chi connectivity index (χ4v) is 2.24. The third-order valence-corrected chi connectivity index (χ3v) is 3.35. The molecular formula is C13H16ClNO4. The van der Waals surface area contributed by atoms with E-state index in [2.05, 4.69) is 5.32 Å². The smallest absolute Gasteiger partial charge is 0.255 e. The van der Waals surface area contributed by atoms with Crippen molar-refractivity contribution in [1.82, 2.24) is 5.32 Å². The van der Waals surface area contributed by atoms with E-state index in [4.69, 9.17) is 21.1 Å². The predicted octanol–water partition coefficient (Wildman–Crippen LogP) is 1.58. The highest BCUT2D eigenvalue weighted by Crippen LogP contribution is 2.22. The van der Waals surface area contributed by atoms with Gasteiger partial charge in [-0.05, 0) is 24.6 Å². The van der Waals surface area contributed by atoms with Crippen molar-refractivity contribution in [3.05, 3.63) is 28.8 Å². The highest BCUT2D eigenvalue weighted by atomic mass is 35.5. The first kappa shape index (κ1) is 14.1. The van der Waals surface area contributed by atoms with Gasteiger partial charge >= 0.3 is 0 Å². The maximum Gasteiger partial charge on any atom is 0.255 e. The number of rotatable bonds is 3. The van der Waals surface area contributed by atoms with Crippen LogP contribution in [0.4, 0.5) is 0 Å². The van der Waals surface area contributed by atoms with Crippen LogP contribution in [0.3, 0.4) is 0 Å². The Morgan fingerprint density at radius 2 is 2.37 bits per heavy atom. The Morgan fingerprint density at radius 1 is 1.58 bits per heavy atom. The van der Waals surface area contributed by atoms with Gasteiger partial charge in [0.2, 0.25) is 0 Å². The molecule has 0 saturated carbocycles. The summed E-state index contributed by atoms with van der Waals surface area (Å²) in [6.45, 7) is 1.01. The van der Waals surface area contributed by atoms with Gasteiger partial charge in [0, 0.05) is 18.7 Å². The monoisotopic (exact) mass is 285 g/mol. The number of hydrogen-bond acceptors (Lipinski definition) is 4. The molecule has 1 amide bonds. The molecule has 1 heterocycles. The van der Waals surface area contributed by atoms with Crippen molar-refractivity contribution in [2.75, 3.05) is 20.3 Å². The summed E-state index contributed by atoms with van der Waals surface area (Å²) in [7, 11) is 1.60. The van der Waals surface area contributed by atoms with Crippen molar-refractivity contribution in [2.24, 2.45) is 0 Å². The van der Waals surface area contributed by atoms with Gasteiger partial charge in [-0.3, -0.25) is 4.79 Å². The number of phenolic OH excluding ortho intramolecular Hbond substituents is 1. The summed E-state index contributed by atoms with van der Waals surface area (Å²) in [6, 6.07) is 4.11. The molecule has 0 aromatic heterocycles. The number of hydrogen-bond donors (Lipinski definition) is 2. The van der Waals surface area contributed by atoms with Crippen LogP contribution in [0.25, 0.3) is 0 Å². The van der Waals surface area contributed by atoms with Crippen LogP contribution in [0.2, 0.25) is 5.02 Å². The number of benzene rings is 1. The summed E-state index contributed by atoms with van der Waals surface area (Å²) in [4.78, 5) is 12.1. The van der Waals surface area contributed by atoms with Crippen LogP contribution in [-0.2, 0) is 9.47 Å². The van der Waals surface area contributed by atoms with Gasteiger partial charge in [0.05, 0.1) is 24.3 Å². The molecule has 0 unspecified atom stereocenters. The van der Waals surface area contributed by atoms with Crippen molar-refractivity contribution in [3.63, 3.8) is 0 Å². The van der Waals surface area contributed by atoms with E-state index in [-0.39, 0.29) is 23.5 Å². The van der Waals surface area contributed by atoms with E-state index in [0.29, 0.717) is 18.2 Å². The summed E-state index contributed by atoms with van der Waals surface area (Å²) in [6.07, 6.45) is 0.641. The van der Waals surface area contributed by atoms with E-state index < -0.39 is 5.91 Å². The number of halogens is 1. The normalized spacial score (nSPS) is 23.1. The van der Waals surface area contributed by atoms with E-state index in [9.17, 15) is 9.90 Å². The second-order valence-corrected chi connectivity index (χ2v) is 4.82. The standard InChI is InChI=1S/C13H16ClNO4/c1-18-12-4-5-19-7-10(12)15-13(17)9-6-8(14)2-3-11(9)16/h2-3,6,10,12,16H,4-5,7H2,1H3,(H,15,17)/t10-,12-/m0/s1. The topological polar surface area (TPSA) is 67.8 Å². The lowest BCUT2D eigenvalue weighted by molar-refractivity contribution is -0.0349. The molecule has 0 radical (unpaired) electrons. The number of phenols is 1. The Hall–Kier alpha value is -1.30. The molecule has 104 valence electrons. The first-order valence-electron chi connectivity index (χ1n) is 6.01. The fourth-order valence-electron chi connectivity index (χ4n) is 2.07. The van der Waals surface area contributed by atoms with Gasteiger partial charge < -0.3 is 19.9 Å². The molecule has 2 atom stereocenters. The van der Waals surface area contributed by atoms with Gasteiger partial charge in [0.15, 0.2) is 0 Å². The summed E-state index contributed by atoms with van der Waals surface area (Å²) < 4.78 is 10.6. The molecule has 2 N–H and O–H groups in total. The number of carbonyl (C=O) groups excluding carboxylic acids is 1. The number of carbonyl (C=O) groups is 1. The van der Waals surface area contributed by atoms with Crippen LogP contribution in [-0.4, -0.2) is 43.5 Å². The van der Waals surface area contributed by atoms with Crippen LogP contribution in [0, 0.1) is 0 Å². The second kappa shape index (κ2) is 6.23. The Morgan fingerprint density at radius 3 is 3.11 bits per heavy atom. The molecule has 1 aromatic carbocycles. The first-order valence-corrected chi connectivity index (χ1v) is 6.39. The van der Waals surface area contributed by atoms with Crippen LogP contribution in [0.1, 0.15) is 16.8 Å². The van der Waals surface area contributed by atoms with E-state index in [1.807, 2.05) is 0 Å². The number of methoxy groups -OCH3 is 1. The highest BCUT2D eigenvalue weighted by molar-refractivity contribution is 6.31. The van der Waals surface area contributed by atoms with Crippen molar-refractivity contribution in [3.8, 4) is 5.75 Å². The van der Waals surface area contributed by atoms with E-state index >= 15 is 0 Å². The summed E-state index contributed by atoms with van der Waals surface area (Å²) in [5.74, 6) is -0.495. The van der Waals surface area contributed by atoms with Gasteiger partial charge in [-0.15, -0.1) is 0 Å². The van der Waals surface area contributed by atoms with Crippen LogP contribution in [0.5, 0.6) is 5.75 Å². The molecule has 0 spiro atoms. The summed E-state index contributed by atoms with van der Waals surface area (Å²) in [5.41, 5.74) is 0.146. The Kier molecular flexibility index (Phi) is 4.63. The Balaban J connectivity index is 2.09. The SMILES string of the molecule is CO[C@H]1CCOC[C@@H]1NC(=O)c1cc(Cl)ccc1O. The number of amides is 1. The molecule has 5 nitrogen and oxygen atoms in total. The number of aromatic hydroxyl groups is 1. The molecule has 0 aliphatic carbocycles. The third kappa shape index (κ3) is 3.37. The van der Waals surface area contributed by atoms with Crippen molar-refractivity contribution >= 4 is 17.5 Å². The van der Waals surface area contributed by atoms with Crippen LogP contribution >= 0.6 is 11.6 Å². The van der Waals surface area contributed by atoms with Gasteiger partial charge in [-0.25, -0.2) is 0 Å². The number of ether oxygens (including phenoxy) is 2. The van der Waals surface area contributed by atoms with Crippen molar-refractivity contribution in [2.45, 2.75) is 18.6 Å². The lowest BCUT2D eigenvalue weighted by Crippen LogP contribution is -2.50. The molecule has 2 rings (SSSR count). The summed E-state index contributed by atoms with van der Waals surface area (Å²) in [5, 5.41) is 12.9. The van der Waals surface area contributed by atoms with E-state index in [0.717, 1.165) is 6.42 Å². The minimum atomic E-state index is -0.391. The van der Waals surface area contributed by atoms with Crippen LogP contribution in [0.15, 0.2) is 18.2 Å². The van der Waals surface area contributed by atoms with E-state index in [1.165, 1.54) is 18.2 Å². The maximum atomic E-state index is 12.1. The van der Waals surface area contributed by atoms with Gasteiger partial charge in [-0.2, -0.15) is 0 Å². The molecule has 1 saturated heterocycles. The molecule has 1 aliphatic rings. The Bertz CT molecular complexity index is 466. The van der Waals surface area contributed by atoms with E-state index in [1.54, 1.807) is 7.11 Å². The Labute approximate surface area is 116 Å². The largest absolute Gasteiger partial charge is 0.507 e. The predicted molar refractivity (Wildman–Crippen MR) is 70.6 cm³/mol. The third-order valence-electron chi connectivity index (χ3n) is 3.12. The molecule has 1 aliphatic heterocycles.